The molecule has 1 aromatic rings. The minimum absolute atomic E-state index is 0.0303. The molecule has 1 fully saturated rings. The first-order valence-corrected chi connectivity index (χ1v) is 7.74. The molecule has 0 aromatic carbocycles. The number of nitrogens with zero attached hydrogens (tertiary/aromatic N) is 2. The lowest BCUT2D eigenvalue weighted by Crippen LogP contribution is -2.49. The van der Waals surface area contributed by atoms with E-state index in [2.05, 4.69) is 0 Å². The average molecular weight is 304 g/mol. The van der Waals surface area contributed by atoms with Gasteiger partial charge in [-0.15, -0.1) is 0 Å². The Hall–Kier alpha value is -2.11. The van der Waals surface area contributed by atoms with Crippen molar-refractivity contribution in [1.82, 2.24) is 9.47 Å². The van der Waals surface area contributed by atoms with Crippen LogP contribution in [-0.4, -0.2) is 39.5 Å². The van der Waals surface area contributed by atoms with Crippen molar-refractivity contribution in [3.05, 3.63) is 34.2 Å². The van der Waals surface area contributed by atoms with E-state index in [4.69, 9.17) is 5.11 Å². The van der Waals surface area contributed by atoms with Gasteiger partial charge in [0.2, 0.25) is 5.91 Å². The molecular formula is C16H20N2O4. The van der Waals surface area contributed by atoms with E-state index in [-0.39, 0.29) is 30.2 Å². The van der Waals surface area contributed by atoms with Gasteiger partial charge in [0.05, 0.1) is 0 Å². The summed E-state index contributed by atoms with van der Waals surface area (Å²) >= 11 is 0. The lowest BCUT2D eigenvalue weighted by molar-refractivity contribution is -0.137. The van der Waals surface area contributed by atoms with Gasteiger partial charge >= 0.3 is 5.97 Å². The van der Waals surface area contributed by atoms with Crippen molar-refractivity contribution in [2.45, 2.75) is 38.1 Å². The van der Waals surface area contributed by atoms with Gasteiger partial charge in [0.1, 0.15) is 0 Å². The Labute approximate surface area is 128 Å². The van der Waals surface area contributed by atoms with E-state index < -0.39 is 5.97 Å². The molecule has 2 aliphatic rings. The van der Waals surface area contributed by atoms with Crippen molar-refractivity contribution in [3.8, 4) is 0 Å². The van der Waals surface area contributed by atoms with Crippen LogP contribution in [-0.2, 0) is 16.1 Å². The largest absolute Gasteiger partial charge is 0.481 e. The molecule has 0 unspecified atom stereocenters. The lowest BCUT2D eigenvalue weighted by Gasteiger charge is -2.42. The van der Waals surface area contributed by atoms with Crippen molar-refractivity contribution >= 4 is 11.9 Å². The van der Waals surface area contributed by atoms with Gasteiger partial charge in [-0.1, -0.05) is 6.07 Å². The molecule has 0 aliphatic carbocycles. The standard InChI is InChI=1S/C16H20N2O4/c19-14(4-2-6-16(21)22)17-8-11-7-12(10-17)13-3-1-5-15(20)18(13)9-11/h1,3,5,11-12H,2,4,6-10H2,(H,21,22)/t11-,12-/m0/s1. The van der Waals surface area contributed by atoms with E-state index in [0.717, 1.165) is 12.1 Å². The third-order valence-electron chi connectivity index (χ3n) is 4.61. The van der Waals surface area contributed by atoms with Crippen LogP contribution in [0.3, 0.4) is 0 Å². The molecular weight excluding hydrogens is 284 g/mol. The van der Waals surface area contributed by atoms with E-state index >= 15 is 0 Å². The minimum atomic E-state index is -0.864. The Bertz CT molecular complexity index is 652. The second-order valence-electron chi connectivity index (χ2n) is 6.24. The van der Waals surface area contributed by atoms with Crippen LogP contribution in [0.15, 0.2) is 23.0 Å². The molecule has 6 nitrogen and oxygen atoms in total. The molecule has 1 saturated heterocycles. The molecule has 22 heavy (non-hydrogen) atoms. The highest BCUT2D eigenvalue weighted by molar-refractivity contribution is 5.77. The van der Waals surface area contributed by atoms with Crippen LogP contribution in [0.25, 0.3) is 0 Å². The quantitative estimate of drug-likeness (QED) is 0.901. The SMILES string of the molecule is O=C(O)CCCC(=O)N1C[C@@H]2C[C@@H](C1)c1cccc(=O)n1C2. The number of carbonyl (C=O) groups is 2. The zero-order chi connectivity index (χ0) is 15.7. The van der Waals surface area contributed by atoms with Gasteiger partial charge in [0.15, 0.2) is 0 Å². The average Bonchev–Trinajstić information content (AvgIpc) is 2.48. The van der Waals surface area contributed by atoms with E-state index in [1.807, 2.05) is 15.5 Å². The molecule has 2 bridgehead atoms. The van der Waals surface area contributed by atoms with E-state index in [1.54, 1.807) is 12.1 Å². The molecule has 3 heterocycles. The fourth-order valence-electron chi connectivity index (χ4n) is 3.65. The molecule has 1 aromatic heterocycles. The molecule has 2 atom stereocenters. The number of hydrogen-bond acceptors (Lipinski definition) is 3. The molecule has 2 aliphatic heterocycles. The highest BCUT2D eigenvalue weighted by Gasteiger charge is 2.35. The fourth-order valence-corrected chi connectivity index (χ4v) is 3.65. The van der Waals surface area contributed by atoms with Gasteiger partial charge < -0.3 is 14.6 Å². The summed E-state index contributed by atoms with van der Waals surface area (Å²) in [5, 5.41) is 8.65. The maximum atomic E-state index is 12.3. The van der Waals surface area contributed by atoms with Crippen molar-refractivity contribution in [2.24, 2.45) is 5.92 Å². The molecule has 1 N–H and O–H groups in total. The van der Waals surface area contributed by atoms with Crippen LogP contribution in [0.2, 0.25) is 0 Å². The number of aliphatic carboxylic acids is 1. The number of carbonyl (C=O) groups excluding carboxylic acids is 1. The third-order valence-corrected chi connectivity index (χ3v) is 4.61. The predicted molar refractivity (Wildman–Crippen MR) is 79.6 cm³/mol. The normalized spacial score (nSPS) is 23.0. The summed E-state index contributed by atoms with van der Waals surface area (Å²) < 4.78 is 1.84. The molecule has 118 valence electrons. The zero-order valence-corrected chi connectivity index (χ0v) is 12.4. The van der Waals surface area contributed by atoms with Gasteiger partial charge in [-0.05, 0) is 24.8 Å². The topological polar surface area (TPSA) is 79.6 Å². The van der Waals surface area contributed by atoms with Crippen LogP contribution < -0.4 is 5.56 Å². The first-order chi connectivity index (χ1) is 10.5. The highest BCUT2D eigenvalue weighted by atomic mass is 16.4. The van der Waals surface area contributed by atoms with Crippen LogP contribution in [0.4, 0.5) is 0 Å². The summed E-state index contributed by atoms with van der Waals surface area (Å²) in [6.45, 7) is 1.97. The summed E-state index contributed by atoms with van der Waals surface area (Å²) in [6.07, 6.45) is 1.72. The molecule has 6 heteroatoms. The molecule has 0 saturated carbocycles. The number of pyridine rings is 1. The number of piperidine rings is 1. The highest BCUT2D eigenvalue weighted by Crippen LogP contribution is 2.35. The Balaban J connectivity index is 1.69. The van der Waals surface area contributed by atoms with E-state index in [1.165, 1.54) is 0 Å². The zero-order valence-electron chi connectivity index (χ0n) is 12.4. The van der Waals surface area contributed by atoms with Gasteiger partial charge in [0, 0.05) is 50.2 Å². The van der Waals surface area contributed by atoms with Gasteiger partial charge in [0.25, 0.3) is 5.56 Å². The minimum Gasteiger partial charge on any atom is -0.481 e. The number of rotatable bonds is 4. The fraction of sp³-hybridized carbons (Fsp3) is 0.562. The van der Waals surface area contributed by atoms with Crippen LogP contribution in [0.5, 0.6) is 0 Å². The number of aromatic nitrogens is 1. The van der Waals surface area contributed by atoms with Crippen molar-refractivity contribution < 1.29 is 14.7 Å². The summed E-state index contributed by atoms with van der Waals surface area (Å²) in [5.74, 6) is -0.307. The number of carboxylic acid groups (broad SMARTS) is 1. The van der Waals surface area contributed by atoms with Gasteiger partial charge in [-0.3, -0.25) is 14.4 Å². The first-order valence-electron chi connectivity index (χ1n) is 7.74. The summed E-state index contributed by atoms with van der Waals surface area (Å²) in [4.78, 5) is 36.6. The molecule has 3 rings (SSSR count). The summed E-state index contributed by atoms with van der Waals surface area (Å²) in [7, 11) is 0. The summed E-state index contributed by atoms with van der Waals surface area (Å²) in [6, 6.07) is 5.34. The number of amides is 1. The molecule has 0 radical (unpaired) electrons. The Morgan fingerprint density at radius 1 is 1.18 bits per heavy atom. The smallest absolute Gasteiger partial charge is 0.303 e. The second kappa shape index (κ2) is 5.94. The van der Waals surface area contributed by atoms with Crippen LogP contribution in [0, 0.1) is 5.92 Å². The number of fused-ring (bicyclic) bond motifs is 4. The van der Waals surface area contributed by atoms with Crippen molar-refractivity contribution in [2.75, 3.05) is 13.1 Å². The van der Waals surface area contributed by atoms with Crippen LogP contribution >= 0.6 is 0 Å². The number of likely N-dealkylation sites (tertiary alicyclic amines) is 1. The van der Waals surface area contributed by atoms with Crippen LogP contribution in [0.1, 0.15) is 37.3 Å². The van der Waals surface area contributed by atoms with E-state index in [0.29, 0.717) is 32.0 Å². The summed E-state index contributed by atoms with van der Waals surface area (Å²) in [5.41, 5.74) is 1.06. The second-order valence-corrected chi connectivity index (χ2v) is 6.24. The van der Waals surface area contributed by atoms with Gasteiger partial charge in [-0.2, -0.15) is 0 Å². The Morgan fingerprint density at radius 2 is 2.00 bits per heavy atom. The van der Waals surface area contributed by atoms with E-state index in [9.17, 15) is 14.4 Å². The third kappa shape index (κ3) is 2.91. The maximum Gasteiger partial charge on any atom is 0.303 e. The van der Waals surface area contributed by atoms with Gasteiger partial charge in [-0.25, -0.2) is 0 Å². The number of carboxylic acids is 1. The molecule has 0 spiro atoms. The number of hydrogen-bond donors (Lipinski definition) is 1. The van der Waals surface area contributed by atoms with Crippen molar-refractivity contribution in [1.29, 1.82) is 0 Å². The Morgan fingerprint density at radius 3 is 2.77 bits per heavy atom. The maximum absolute atomic E-state index is 12.3. The lowest BCUT2D eigenvalue weighted by atomic mass is 9.83. The Kier molecular flexibility index (Phi) is 4.00. The first kappa shape index (κ1) is 14.8. The monoisotopic (exact) mass is 304 g/mol. The molecule has 1 amide bonds. The predicted octanol–water partition coefficient (Wildman–Crippen LogP) is 1.05. The van der Waals surface area contributed by atoms with Crippen molar-refractivity contribution in [3.63, 3.8) is 0 Å².